The highest BCUT2D eigenvalue weighted by Gasteiger charge is 2.33. The van der Waals surface area contributed by atoms with Crippen LogP contribution in [0.15, 0.2) is 0 Å². The zero-order chi connectivity index (χ0) is 14.0. The van der Waals surface area contributed by atoms with Crippen LogP contribution in [-0.2, 0) is 9.59 Å². The predicted octanol–water partition coefficient (Wildman–Crippen LogP) is -0.277. The summed E-state index contributed by atoms with van der Waals surface area (Å²) >= 11 is 0. The number of aliphatic carboxylic acids is 1. The Morgan fingerprint density at radius 2 is 2.05 bits per heavy atom. The lowest BCUT2D eigenvalue weighted by atomic mass is 9.99. The zero-order valence-corrected chi connectivity index (χ0v) is 11.0. The Labute approximate surface area is 111 Å². The summed E-state index contributed by atoms with van der Waals surface area (Å²) in [5, 5.41) is 11.7. The standard InChI is InChI=1S/C12H19N3O4/c1-14-6-4-9(10(14)16)13-12(19)15-5-2-3-8(7-15)11(17)18/h8-9H,2-7H2,1H3,(H,13,19)(H,17,18). The first-order valence-corrected chi connectivity index (χ1v) is 6.52. The highest BCUT2D eigenvalue weighted by molar-refractivity contribution is 5.88. The van der Waals surface area contributed by atoms with Gasteiger partial charge in [-0.25, -0.2) is 4.79 Å². The molecule has 0 bridgehead atoms. The van der Waals surface area contributed by atoms with Crippen molar-refractivity contribution in [2.45, 2.75) is 25.3 Å². The Hall–Kier alpha value is -1.79. The van der Waals surface area contributed by atoms with Crippen molar-refractivity contribution < 1.29 is 19.5 Å². The Bertz CT molecular complexity index is 398. The number of carboxylic acid groups (broad SMARTS) is 1. The van der Waals surface area contributed by atoms with Crippen molar-refractivity contribution in [3.63, 3.8) is 0 Å². The van der Waals surface area contributed by atoms with Crippen LogP contribution < -0.4 is 5.32 Å². The second kappa shape index (κ2) is 5.46. The molecule has 2 fully saturated rings. The van der Waals surface area contributed by atoms with Crippen LogP contribution in [0.25, 0.3) is 0 Å². The first kappa shape index (κ1) is 13.6. The van der Waals surface area contributed by atoms with Gasteiger partial charge >= 0.3 is 12.0 Å². The van der Waals surface area contributed by atoms with E-state index >= 15 is 0 Å². The molecule has 2 aliphatic rings. The van der Waals surface area contributed by atoms with Crippen molar-refractivity contribution in [3.05, 3.63) is 0 Å². The lowest BCUT2D eigenvalue weighted by Gasteiger charge is -2.31. The number of amides is 3. The first-order valence-electron chi connectivity index (χ1n) is 6.52. The number of rotatable bonds is 2. The van der Waals surface area contributed by atoms with E-state index in [0.29, 0.717) is 32.4 Å². The van der Waals surface area contributed by atoms with Crippen LogP contribution in [0.3, 0.4) is 0 Å². The number of carbonyl (C=O) groups excluding carboxylic acids is 2. The van der Waals surface area contributed by atoms with Gasteiger partial charge in [0.2, 0.25) is 5.91 Å². The average molecular weight is 269 g/mol. The van der Waals surface area contributed by atoms with Gasteiger partial charge in [-0.05, 0) is 19.3 Å². The number of piperidine rings is 1. The van der Waals surface area contributed by atoms with E-state index in [0.717, 1.165) is 0 Å². The van der Waals surface area contributed by atoms with Crippen LogP contribution in [0.2, 0.25) is 0 Å². The molecule has 0 aromatic heterocycles. The number of carbonyl (C=O) groups is 3. The molecule has 7 nitrogen and oxygen atoms in total. The van der Waals surface area contributed by atoms with Gasteiger partial charge in [-0.2, -0.15) is 0 Å². The van der Waals surface area contributed by atoms with Crippen LogP contribution >= 0.6 is 0 Å². The van der Waals surface area contributed by atoms with E-state index in [9.17, 15) is 14.4 Å². The Morgan fingerprint density at radius 1 is 1.32 bits per heavy atom. The number of nitrogens with zero attached hydrogens (tertiary/aromatic N) is 2. The molecule has 2 heterocycles. The molecule has 2 N–H and O–H groups in total. The second-order valence-electron chi connectivity index (χ2n) is 5.17. The van der Waals surface area contributed by atoms with Gasteiger partial charge in [0.1, 0.15) is 6.04 Å². The molecule has 0 aliphatic carbocycles. The molecule has 2 unspecified atom stereocenters. The maximum absolute atomic E-state index is 12.0. The van der Waals surface area contributed by atoms with Crippen molar-refractivity contribution >= 4 is 17.9 Å². The zero-order valence-electron chi connectivity index (χ0n) is 11.0. The van der Waals surface area contributed by atoms with Crippen molar-refractivity contribution in [2.75, 3.05) is 26.7 Å². The normalized spacial score (nSPS) is 27.5. The van der Waals surface area contributed by atoms with E-state index in [4.69, 9.17) is 5.11 Å². The lowest BCUT2D eigenvalue weighted by molar-refractivity contribution is -0.143. The van der Waals surface area contributed by atoms with Gasteiger partial charge in [0.25, 0.3) is 0 Å². The van der Waals surface area contributed by atoms with Gasteiger partial charge in [-0.15, -0.1) is 0 Å². The van der Waals surface area contributed by atoms with Crippen LogP contribution in [0, 0.1) is 5.92 Å². The molecule has 7 heteroatoms. The summed E-state index contributed by atoms with van der Waals surface area (Å²) in [6, 6.07) is -0.803. The van der Waals surface area contributed by atoms with Crippen molar-refractivity contribution in [1.82, 2.24) is 15.1 Å². The van der Waals surface area contributed by atoms with Gasteiger partial charge in [-0.3, -0.25) is 9.59 Å². The average Bonchev–Trinajstić information content (AvgIpc) is 2.71. The first-order chi connectivity index (χ1) is 8.99. The summed E-state index contributed by atoms with van der Waals surface area (Å²) in [5.41, 5.74) is 0. The molecule has 2 rings (SSSR count). The van der Waals surface area contributed by atoms with Gasteiger partial charge < -0.3 is 20.2 Å². The number of hydrogen-bond donors (Lipinski definition) is 2. The number of nitrogens with one attached hydrogen (secondary N) is 1. The molecule has 19 heavy (non-hydrogen) atoms. The summed E-state index contributed by atoms with van der Waals surface area (Å²) in [5.74, 6) is -1.45. The molecule has 0 radical (unpaired) electrons. The highest BCUT2D eigenvalue weighted by atomic mass is 16.4. The Balaban J connectivity index is 1.89. The monoisotopic (exact) mass is 269 g/mol. The van der Waals surface area contributed by atoms with E-state index in [1.807, 2.05) is 0 Å². The highest BCUT2D eigenvalue weighted by Crippen LogP contribution is 2.17. The fourth-order valence-corrected chi connectivity index (χ4v) is 2.56. The summed E-state index contributed by atoms with van der Waals surface area (Å²) in [7, 11) is 1.70. The summed E-state index contributed by atoms with van der Waals surface area (Å²) in [6.45, 7) is 1.41. The SMILES string of the molecule is CN1CCC(NC(=O)N2CCCC(C(=O)O)C2)C1=O. The van der Waals surface area contributed by atoms with Crippen LogP contribution in [0.4, 0.5) is 4.79 Å². The number of urea groups is 1. The molecule has 0 saturated carbocycles. The van der Waals surface area contributed by atoms with Gasteiger partial charge in [-0.1, -0.05) is 0 Å². The molecule has 2 atom stereocenters. The van der Waals surface area contributed by atoms with Crippen molar-refractivity contribution in [2.24, 2.45) is 5.92 Å². The summed E-state index contributed by atoms with van der Waals surface area (Å²) < 4.78 is 0. The van der Waals surface area contributed by atoms with Crippen LogP contribution in [-0.4, -0.2) is 65.5 Å². The molecular weight excluding hydrogens is 250 g/mol. The number of carboxylic acids is 1. The van der Waals surface area contributed by atoms with E-state index in [2.05, 4.69) is 5.32 Å². The van der Waals surface area contributed by atoms with Crippen molar-refractivity contribution in [3.8, 4) is 0 Å². The van der Waals surface area contributed by atoms with Gasteiger partial charge in [0.15, 0.2) is 0 Å². The fraction of sp³-hybridized carbons (Fsp3) is 0.750. The summed E-state index contributed by atoms with van der Waals surface area (Å²) in [6.07, 6.45) is 1.89. The van der Waals surface area contributed by atoms with E-state index in [-0.39, 0.29) is 18.5 Å². The third-order valence-electron chi connectivity index (χ3n) is 3.78. The third kappa shape index (κ3) is 2.97. The van der Waals surface area contributed by atoms with E-state index in [1.165, 1.54) is 4.90 Å². The van der Waals surface area contributed by atoms with Gasteiger partial charge in [0, 0.05) is 26.7 Å². The summed E-state index contributed by atoms with van der Waals surface area (Å²) in [4.78, 5) is 37.7. The number of hydrogen-bond acceptors (Lipinski definition) is 3. The molecule has 2 aliphatic heterocycles. The molecule has 106 valence electrons. The Kier molecular flexibility index (Phi) is 3.92. The lowest BCUT2D eigenvalue weighted by Crippen LogP contribution is -2.51. The Morgan fingerprint density at radius 3 is 2.63 bits per heavy atom. The minimum Gasteiger partial charge on any atom is -0.481 e. The molecule has 3 amide bonds. The minimum absolute atomic E-state index is 0.0832. The maximum atomic E-state index is 12.0. The molecule has 0 aromatic rings. The largest absolute Gasteiger partial charge is 0.481 e. The minimum atomic E-state index is -0.867. The second-order valence-corrected chi connectivity index (χ2v) is 5.17. The van der Waals surface area contributed by atoms with E-state index in [1.54, 1.807) is 11.9 Å². The molecule has 0 spiro atoms. The molecule has 0 aromatic carbocycles. The quantitative estimate of drug-likeness (QED) is 0.721. The van der Waals surface area contributed by atoms with E-state index < -0.39 is 17.9 Å². The third-order valence-corrected chi connectivity index (χ3v) is 3.78. The van der Waals surface area contributed by atoms with Gasteiger partial charge in [0.05, 0.1) is 5.92 Å². The molecular formula is C12H19N3O4. The number of likely N-dealkylation sites (N-methyl/N-ethyl adjacent to an activating group) is 1. The molecule has 2 saturated heterocycles. The predicted molar refractivity (Wildman–Crippen MR) is 66.5 cm³/mol. The smallest absolute Gasteiger partial charge is 0.318 e. The van der Waals surface area contributed by atoms with Crippen LogP contribution in [0.5, 0.6) is 0 Å². The maximum Gasteiger partial charge on any atom is 0.318 e. The fourth-order valence-electron chi connectivity index (χ4n) is 2.56. The number of likely N-dealkylation sites (tertiary alicyclic amines) is 2. The van der Waals surface area contributed by atoms with Crippen LogP contribution in [0.1, 0.15) is 19.3 Å². The topological polar surface area (TPSA) is 90.0 Å². The van der Waals surface area contributed by atoms with Crippen molar-refractivity contribution in [1.29, 1.82) is 0 Å².